The number of hydrogen-bond donors (Lipinski definition) is 0. The molecule has 0 N–H and O–H groups in total. The molecular formula is C19H18NO4-. The van der Waals surface area contributed by atoms with Crippen LogP contribution < -0.4 is 5.11 Å². The van der Waals surface area contributed by atoms with Gasteiger partial charge in [-0.1, -0.05) is 48.6 Å². The third-order valence-corrected chi connectivity index (χ3v) is 5.39. The van der Waals surface area contributed by atoms with E-state index in [9.17, 15) is 14.7 Å². The number of hydrogen-bond acceptors (Lipinski definition) is 4. The van der Waals surface area contributed by atoms with Gasteiger partial charge in [-0.2, -0.15) is 0 Å². The SMILES string of the molecule is C=CC[C@H]1N(Cc2ccccc2)C(=O)[C@@H]2[C@@H](C(=O)[O-])[C@H]3C=C[C@@]21O3. The lowest BCUT2D eigenvalue weighted by Crippen LogP contribution is -2.46. The van der Waals surface area contributed by atoms with Crippen LogP contribution in [0.4, 0.5) is 0 Å². The molecule has 1 aromatic carbocycles. The van der Waals surface area contributed by atoms with Crippen LogP contribution in [0.2, 0.25) is 0 Å². The van der Waals surface area contributed by atoms with E-state index in [4.69, 9.17) is 4.74 Å². The number of benzene rings is 1. The Labute approximate surface area is 140 Å². The van der Waals surface area contributed by atoms with Crippen molar-refractivity contribution in [2.45, 2.75) is 30.7 Å². The normalized spacial score (nSPS) is 36.2. The predicted molar refractivity (Wildman–Crippen MR) is 84.3 cm³/mol. The Morgan fingerprint density at radius 2 is 2.12 bits per heavy atom. The summed E-state index contributed by atoms with van der Waals surface area (Å²) in [6.45, 7) is 4.22. The van der Waals surface area contributed by atoms with Crippen LogP contribution in [-0.4, -0.2) is 34.5 Å². The van der Waals surface area contributed by atoms with Gasteiger partial charge in [0.1, 0.15) is 5.60 Å². The summed E-state index contributed by atoms with van der Waals surface area (Å²) in [6, 6.07) is 9.41. The molecule has 3 aliphatic heterocycles. The van der Waals surface area contributed by atoms with Crippen LogP contribution in [0, 0.1) is 11.8 Å². The molecule has 2 bridgehead atoms. The number of aliphatic carboxylic acids is 1. The van der Waals surface area contributed by atoms with E-state index in [1.165, 1.54) is 0 Å². The van der Waals surface area contributed by atoms with Gasteiger partial charge in [0.05, 0.1) is 18.1 Å². The van der Waals surface area contributed by atoms with Crippen molar-refractivity contribution >= 4 is 11.9 Å². The molecule has 5 atom stereocenters. The van der Waals surface area contributed by atoms with Gasteiger partial charge in [0.25, 0.3) is 0 Å². The molecule has 0 radical (unpaired) electrons. The Bertz CT molecular complexity index is 728. The van der Waals surface area contributed by atoms with Crippen LogP contribution in [0.3, 0.4) is 0 Å². The molecule has 3 heterocycles. The molecular weight excluding hydrogens is 306 g/mol. The van der Waals surface area contributed by atoms with E-state index in [-0.39, 0.29) is 11.9 Å². The number of nitrogens with zero attached hydrogens (tertiary/aromatic N) is 1. The summed E-state index contributed by atoms with van der Waals surface area (Å²) in [5.74, 6) is -3.03. The summed E-state index contributed by atoms with van der Waals surface area (Å²) in [4.78, 5) is 26.4. The Kier molecular flexibility index (Phi) is 3.35. The molecule has 2 saturated heterocycles. The number of carboxylic acid groups (broad SMARTS) is 1. The maximum absolute atomic E-state index is 13.1. The first kappa shape index (κ1) is 15.1. The topological polar surface area (TPSA) is 69.7 Å². The zero-order chi connectivity index (χ0) is 16.9. The summed E-state index contributed by atoms with van der Waals surface area (Å²) in [5.41, 5.74) is 0.120. The largest absolute Gasteiger partial charge is 0.550 e. The lowest BCUT2D eigenvalue weighted by atomic mass is 9.74. The third kappa shape index (κ3) is 1.91. The fraction of sp³-hybridized carbons (Fsp3) is 0.368. The molecule has 1 aromatic rings. The molecule has 0 unspecified atom stereocenters. The minimum absolute atomic E-state index is 0.174. The van der Waals surface area contributed by atoms with Crippen molar-refractivity contribution < 1.29 is 19.4 Å². The molecule has 5 nitrogen and oxygen atoms in total. The van der Waals surface area contributed by atoms with Crippen molar-refractivity contribution in [2.75, 3.05) is 0 Å². The van der Waals surface area contributed by atoms with Crippen LogP contribution in [0.25, 0.3) is 0 Å². The quantitative estimate of drug-likeness (QED) is 0.746. The molecule has 124 valence electrons. The van der Waals surface area contributed by atoms with Gasteiger partial charge in [0, 0.05) is 18.4 Å². The van der Waals surface area contributed by atoms with Crippen molar-refractivity contribution in [3.8, 4) is 0 Å². The van der Waals surface area contributed by atoms with Crippen molar-refractivity contribution in [1.82, 2.24) is 4.90 Å². The van der Waals surface area contributed by atoms with Gasteiger partial charge >= 0.3 is 0 Å². The Hall–Kier alpha value is -2.40. The molecule has 0 aliphatic carbocycles. The Morgan fingerprint density at radius 1 is 1.38 bits per heavy atom. The van der Waals surface area contributed by atoms with Crippen molar-refractivity contribution in [2.24, 2.45) is 11.8 Å². The van der Waals surface area contributed by atoms with E-state index in [0.29, 0.717) is 13.0 Å². The third-order valence-electron chi connectivity index (χ3n) is 5.39. The van der Waals surface area contributed by atoms with Crippen LogP contribution in [-0.2, 0) is 20.9 Å². The average molecular weight is 324 g/mol. The second kappa shape index (κ2) is 5.31. The van der Waals surface area contributed by atoms with E-state index in [1.54, 1.807) is 17.1 Å². The van der Waals surface area contributed by atoms with Crippen LogP contribution in [0.1, 0.15) is 12.0 Å². The number of likely N-dealkylation sites (tertiary alicyclic amines) is 1. The van der Waals surface area contributed by atoms with Gasteiger partial charge in [0.15, 0.2) is 0 Å². The van der Waals surface area contributed by atoms with E-state index >= 15 is 0 Å². The molecule has 0 aromatic heterocycles. The van der Waals surface area contributed by atoms with E-state index in [1.807, 2.05) is 36.4 Å². The number of fused-ring (bicyclic) bond motifs is 1. The minimum atomic E-state index is -1.22. The number of amides is 1. The van der Waals surface area contributed by atoms with Gasteiger partial charge < -0.3 is 19.5 Å². The van der Waals surface area contributed by atoms with Crippen molar-refractivity contribution in [3.05, 3.63) is 60.7 Å². The maximum atomic E-state index is 13.1. The van der Waals surface area contributed by atoms with E-state index in [2.05, 4.69) is 6.58 Å². The first-order valence-electron chi connectivity index (χ1n) is 8.12. The monoisotopic (exact) mass is 324 g/mol. The molecule has 3 aliphatic rings. The first-order valence-corrected chi connectivity index (χ1v) is 8.12. The van der Waals surface area contributed by atoms with Gasteiger partial charge in [-0.3, -0.25) is 4.79 Å². The number of carbonyl (C=O) groups is 2. The second-order valence-electron chi connectivity index (χ2n) is 6.61. The highest BCUT2D eigenvalue weighted by molar-refractivity contribution is 5.91. The summed E-state index contributed by atoms with van der Waals surface area (Å²) in [6.07, 6.45) is 5.36. The average Bonchev–Trinajstić information content (AvgIpc) is 3.20. The van der Waals surface area contributed by atoms with E-state index in [0.717, 1.165) is 5.56 Å². The van der Waals surface area contributed by atoms with Crippen molar-refractivity contribution in [1.29, 1.82) is 0 Å². The van der Waals surface area contributed by atoms with Gasteiger partial charge in [-0.05, 0) is 12.0 Å². The number of carbonyl (C=O) groups excluding carboxylic acids is 2. The highest BCUT2D eigenvalue weighted by atomic mass is 16.5. The summed E-state index contributed by atoms with van der Waals surface area (Å²) in [5, 5.41) is 11.6. The predicted octanol–water partition coefficient (Wildman–Crippen LogP) is 0.663. The van der Waals surface area contributed by atoms with E-state index < -0.39 is 29.5 Å². The van der Waals surface area contributed by atoms with Gasteiger partial charge in [0.2, 0.25) is 5.91 Å². The van der Waals surface area contributed by atoms with Crippen molar-refractivity contribution in [3.63, 3.8) is 0 Å². The summed E-state index contributed by atoms with van der Waals surface area (Å²) < 4.78 is 6.02. The molecule has 5 heteroatoms. The lowest BCUT2D eigenvalue weighted by molar-refractivity contribution is -0.313. The number of rotatable bonds is 5. The first-order chi connectivity index (χ1) is 11.6. The zero-order valence-electron chi connectivity index (χ0n) is 13.1. The molecule has 0 saturated carbocycles. The van der Waals surface area contributed by atoms with Gasteiger partial charge in [-0.25, -0.2) is 0 Å². The van der Waals surface area contributed by atoms with Crippen LogP contribution >= 0.6 is 0 Å². The molecule has 24 heavy (non-hydrogen) atoms. The zero-order valence-corrected chi connectivity index (χ0v) is 13.1. The fourth-order valence-electron chi connectivity index (χ4n) is 4.43. The lowest BCUT2D eigenvalue weighted by Gasteiger charge is -2.32. The Morgan fingerprint density at radius 3 is 2.79 bits per heavy atom. The number of ether oxygens (including phenoxy) is 1. The highest BCUT2D eigenvalue weighted by Gasteiger charge is 2.69. The summed E-state index contributed by atoms with van der Waals surface area (Å²) in [7, 11) is 0. The molecule has 2 fully saturated rings. The number of carboxylic acids is 1. The smallest absolute Gasteiger partial charge is 0.230 e. The van der Waals surface area contributed by atoms with Crippen LogP contribution in [0.15, 0.2) is 55.1 Å². The van der Waals surface area contributed by atoms with Gasteiger partial charge in [-0.15, -0.1) is 6.58 Å². The molecule has 1 amide bonds. The maximum Gasteiger partial charge on any atom is 0.230 e. The minimum Gasteiger partial charge on any atom is -0.550 e. The second-order valence-corrected chi connectivity index (χ2v) is 6.61. The standard InChI is InChI=1S/C19H19NO4/c1-2-6-14-19-10-9-13(24-19)15(18(22)23)16(19)17(21)20(14)11-12-7-4-3-5-8-12/h2-5,7-10,13-16H,1,6,11H2,(H,22,23)/p-1/t13-,14-,15+,16+,19+/m1/s1. The summed E-state index contributed by atoms with van der Waals surface area (Å²) >= 11 is 0. The molecule has 1 spiro atoms. The Balaban J connectivity index is 1.73. The van der Waals surface area contributed by atoms with Crippen LogP contribution in [0.5, 0.6) is 0 Å². The fourth-order valence-corrected chi connectivity index (χ4v) is 4.43. The highest BCUT2D eigenvalue weighted by Crippen LogP contribution is 2.55. The molecule has 4 rings (SSSR count).